The molecule has 0 spiro atoms. The van der Waals surface area contributed by atoms with Crippen LogP contribution in [0.2, 0.25) is 0 Å². The fourth-order valence-corrected chi connectivity index (χ4v) is 1.33. The molecule has 0 radical (unpaired) electrons. The number of allylic oxidation sites excluding steroid dienone is 2. The first-order valence-corrected chi connectivity index (χ1v) is 6.08. The Balaban J connectivity index is 2.59. The van der Waals surface area contributed by atoms with Crippen LogP contribution in [0.1, 0.15) is 12.5 Å². The number of carbonyl (C=O) groups excluding carboxylic acids is 1. The number of benzene rings is 1. The van der Waals surface area contributed by atoms with Gasteiger partial charge in [0.05, 0.1) is 0 Å². The maximum absolute atomic E-state index is 11.6. The van der Waals surface area contributed by atoms with Gasteiger partial charge in [0.1, 0.15) is 6.61 Å². The van der Waals surface area contributed by atoms with E-state index in [2.05, 4.69) is 11.4 Å². The number of ether oxygens (including phenoxy) is 1. The zero-order valence-electron chi connectivity index (χ0n) is 11.3. The van der Waals surface area contributed by atoms with Crippen LogP contribution in [0, 0.1) is 0 Å². The summed E-state index contributed by atoms with van der Waals surface area (Å²) in [5.41, 5.74) is 10.4. The SMILES string of the molecule is C=C(C)/C=C\COC(=O)C(/C=C/c1ccccc1)=[N+]=[N-]. The number of hydrogen-bond acceptors (Lipinski definition) is 2. The maximum Gasteiger partial charge on any atom is 0.421 e. The molecule has 0 saturated heterocycles. The van der Waals surface area contributed by atoms with E-state index in [-0.39, 0.29) is 12.3 Å². The van der Waals surface area contributed by atoms with Crippen LogP contribution in [0.15, 0.2) is 60.7 Å². The van der Waals surface area contributed by atoms with Gasteiger partial charge in [-0.2, -0.15) is 4.79 Å². The fraction of sp³-hybridized carbons (Fsp3) is 0.125. The molecule has 0 fully saturated rings. The monoisotopic (exact) mass is 268 g/mol. The van der Waals surface area contributed by atoms with E-state index in [4.69, 9.17) is 10.3 Å². The highest BCUT2D eigenvalue weighted by Gasteiger charge is 2.17. The number of hydrogen-bond donors (Lipinski definition) is 0. The van der Waals surface area contributed by atoms with Gasteiger partial charge in [0.15, 0.2) is 0 Å². The van der Waals surface area contributed by atoms with Gasteiger partial charge in [0.2, 0.25) is 0 Å². The van der Waals surface area contributed by atoms with E-state index in [1.807, 2.05) is 37.3 Å². The molecule has 0 amide bonds. The molecule has 0 atom stereocenters. The summed E-state index contributed by atoms with van der Waals surface area (Å²) in [5, 5.41) is 0. The van der Waals surface area contributed by atoms with Gasteiger partial charge in [-0.25, -0.2) is 4.79 Å². The van der Waals surface area contributed by atoms with Crippen molar-refractivity contribution in [3.8, 4) is 0 Å². The fourth-order valence-electron chi connectivity index (χ4n) is 1.33. The molecule has 0 N–H and O–H groups in total. The molecular formula is C16H16N2O2. The molecule has 1 aromatic rings. The first-order valence-electron chi connectivity index (χ1n) is 6.08. The van der Waals surface area contributed by atoms with E-state index in [0.717, 1.165) is 11.1 Å². The minimum Gasteiger partial charge on any atom is -0.453 e. The van der Waals surface area contributed by atoms with Crippen LogP contribution < -0.4 is 0 Å². The Labute approximate surface area is 118 Å². The van der Waals surface area contributed by atoms with E-state index in [1.165, 1.54) is 6.08 Å². The van der Waals surface area contributed by atoms with Gasteiger partial charge in [-0.3, -0.25) is 0 Å². The van der Waals surface area contributed by atoms with Crippen molar-refractivity contribution in [2.24, 2.45) is 0 Å². The Bertz CT molecular complexity index is 580. The molecule has 0 aromatic heterocycles. The van der Waals surface area contributed by atoms with Crippen molar-refractivity contribution in [1.29, 1.82) is 0 Å². The van der Waals surface area contributed by atoms with Gasteiger partial charge in [-0.05, 0) is 24.6 Å². The van der Waals surface area contributed by atoms with Gasteiger partial charge >= 0.3 is 11.7 Å². The van der Waals surface area contributed by atoms with Crippen LogP contribution in [0.25, 0.3) is 11.6 Å². The summed E-state index contributed by atoms with van der Waals surface area (Å²) >= 11 is 0. The quantitative estimate of drug-likeness (QED) is 0.262. The molecule has 0 bridgehead atoms. The summed E-state index contributed by atoms with van der Waals surface area (Å²) < 4.78 is 4.92. The average molecular weight is 268 g/mol. The van der Waals surface area contributed by atoms with Crippen LogP contribution in [0.5, 0.6) is 0 Å². The zero-order valence-corrected chi connectivity index (χ0v) is 11.3. The Kier molecular flexibility index (Phi) is 6.45. The van der Waals surface area contributed by atoms with E-state index < -0.39 is 5.97 Å². The molecule has 0 saturated carbocycles. The molecule has 0 aliphatic rings. The van der Waals surface area contributed by atoms with Crippen molar-refractivity contribution < 1.29 is 14.3 Å². The lowest BCUT2D eigenvalue weighted by molar-refractivity contribution is -0.138. The molecule has 102 valence electrons. The van der Waals surface area contributed by atoms with Crippen molar-refractivity contribution in [1.82, 2.24) is 0 Å². The van der Waals surface area contributed by atoms with Crippen LogP contribution in [-0.2, 0) is 9.53 Å². The minimum absolute atomic E-state index is 0.101. The normalized spacial score (nSPS) is 10.4. The Hall–Kier alpha value is -2.71. The summed E-state index contributed by atoms with van der Waals surface area (Å²) in [7, 11) is 0. The Morgan fingerprint density at radius 2 is 2.05 bits per heavy atom. The van der Waals surface area contributed by atoms with Crippen molar-refractivity contribution in [2.75, 3.05) is 6.61 Å². The highest BCUT2D eigenvalue weighted by molar-refractivity contribution is 6.39. The third kappa shape index (κ3) is 5.76. The molecule has 0 aliphatic heterocycles. The highest BCUT2D eigenvalue weighted by Crippen LogP contribution is 2.01. The van der Waals surface area contributed by atoms with Gasteiger partial charge in [-0.15, -0.1) is 0 Å². The summed E-state index contributed by atoms with van der Waals surface area (Å²) in [6.45, 7) is 5.62. The van der Waals surface area contributed by atoms with Crippen molar-refractivity contribution in [3.63, 3.8) is 0 Å². The lowest BCUT2D eigenvalue weighted by Gasteiger charge is -1.95. The van der Waals surface area contributed by atoms with E-state index in [0.29, 0.717) is 0 Å². The van der Waals surface area contributed by atoms with E-state index in [9.17, 15) is 4.79 Å². The first-order chi connectivity index (χ1) is 9.63. The second-order valence-electron chi connectivity index (χ2n) is 4.08. The van der Waals surface area contributed by atoms with Crippen molar-refractivity contribution >= 4 is 17.8 Å². The van der Waals surface area contributed by atoms with Crippen LogP contribution in [-0.4, -0.2) is 23.1 Å². The molecule has 1 rings (SSSR count). The number of carbonyl (C=O) groups is 1. The number of nitrogens with zero attached hydrogens (tertiary/aromatic N) is 2. The van der Waals surface area contributed by atoms with Gasteiger partial charge in [0, 0.05) is 6.08 Å². The topological polar surface area (TPSA) is 62.7 Å². The van der Waals surface area contributed by atoms with Gasteiger partial charge in [-0.1, -0.05) is 48.6 Å². The summed E-state index contributed by atoms with van der Waals surface area (Å²) in [4.78, 5) is 14.6. The van der Waals surface area contributed by atoms with Crippen molar-refractivity contribution in [3.05, 3.63) is 71.8 Å². The molecule has 20 heavy (non-hydrogen) atoms. The second kappa shape index (κ2) is 8.40. The van der Waals surface area contributed by atoms with Crippen LogP contribution in [0.4, 0.5) is 0 Å². The lowest BCUT2D eigenvalue weighted by atomic mass is 10.2. The Morgan fingerprint density at radius 1 is 1.35 bits per heavy atom. The molecule has 1 aromatic carbocycles. The number of rotatable bonds is 6. The van der Waals surface area contributed by atoms with Gasteiger partial charge < -0.3 is 10.3 Å². The van der Waals surface area contributed by atoms with E-state index >= 15 is 0 Å². The minimum atomic E-state index is -0.689. The third-order valence-electron chi connectivity index (χ3n) is 2.26. The molecule has 4 heteroatoms. The Morgan fingerprint density at radius 3 is 2.65 bits per heavy atom. The summed E-state index contributed by atoms with van der Waals surface area (Å²) in [6, 6.07) is 9.37. The third-order valence-corrected chi connectivity index (χ3v) is 2.26. The summed E-state index contributed by atoms with van der Waals surface area (Å²) in [6.07, 6.45) is 6.47. The van der Waals surface area contributed by atoms with E-state index in [1.54, 1.807) is 18.2 Å². The molecule has 0 aliphatic carbocycles. The first kappa shape index (κ1) is 15.3. The van der Waals surface area contributed by atoms with Crippen LogP contribution in [0.3, 0.4) is 0 Å². The smallest absolute Gasteiger partial charge is 0.421 e. The average Bonchev–Trinajstić information content (AvgIpc) is 2.45. The van der Waals surface area contributed by atoms with Crippen molar-refractivity contribution in [2.45, 2.75) is 6.92 Å². The standard InChI is InChI=1S/C16H16N2O2/c1-13(2)7-6-12-20-16(19)15(18-17)11-10-14-8-4-3-5-9-14/h3-11H,1,12H2,2H3/b7-6-,11-10+. The molecule has 0 unspecified atom stereocenters. The largest absolute Gasteiger partial charge is 0.453 e. The molecular weight excluding hydrogens is 252 g/mol. The number of esters is 1. The maximum atomic E-state index is 11.6. The predicted molar refractivity (Wildman–Crippen MR) is 79.0 cm³/mol. The molecule has 0 heterocycles. The summed E-state index contributed by atoms with van der Waals surface area (Å²) in [5.74, 6) is -0.689. The highest BCUT2D eigenvalue weighted by atomic mass is 16.5. The molecule has 4 nitrogen and oxygen atoms in total. The zero-order chi connectivity index (χ0) is 14.8. The lowest BCUT2D eigenvalue weighted by Crippen LogP contribution is -2.16. The van der Waals surface area contributed by atoms with Crippen LogP contribution >= 0.6 is 0 Å². The van der Waals surface area contributed by atoms with Gasteiger partial charge in [0.25, 0.3) is 0 Å². The second-order valence-corrected chi connectivity index (χ2v) is 4.08. The predicted octanol–water partition coefficient (Wildman–Crippen LogP) is 3.05.